The van der Waals surface area contributed by atoms with E-state index in [0.717, 1.165) is 16.8 Å². The van der Waals surface area contributed by atoms with Gasteiger partial charge in [0.05, 0.1) is 30.9 Å². The molecule has 0 saturated carbocycles. The highest BCUT2D eigenvalue weighted by molar-refractivity contribution is 7.91. The number of ether oxygens (including phenoxy) is 3. The van der Waals surface area contributed by atoms with Gasteiger partial charge in [0, 0.05) is 28.7 Å². The van der Waals surface area contributed by atoms with Crippen LogP contribution < -0.4 is 0 Å². The Kier molecular flexibility index (Phi) is 5.94. The molecular weight excluding hydrogens is 402 g/mol. The zero-order valence-corrected chi connectivity index (χ0v) is 18.7. The molecule has 3 heterocycles. The van der Waals surface area contributed by atoms with Gasteiger partial charge >= 0.3 is 5.16 Å². The quantitative estimate of drug-likeness (QED) is 0.708. The van der Waals surface area contributed by atoms with Gasteiger partial charge in [0.15, 0.2) is 5.79 Å². The summed E-state index contributed by atoms with van der Waals surface area (Å²) in [5, 5.41) is 0.485. The second kappa shape index (κ2) is 8.34. The highest BCUT2D eigenvalue weighted by Crippen LogP contribution is 2.37. The molecule has 2 aromatic rings. The average molecular weight is 432 g/mol. The van der Waals surface area contributed by atoms with Crippen molar-refractivity contribution in [2.75, 3.05) is 25.6 Å². The van der Waals surface area contributed by atoms with Crippen LogP contribution in [0.15, 0.2) is 46.2 Å². The van der Waals surface area contributed by atoms with E-state index < -0.39 is 17.0 Å². The van der Waals surface area contributed by atoms with E-state index in [2.05, 4.69) is 28.8 Å². The first-order chi connectivity index (χ1) is 14.2. The molecule has 2 aliphatic heterocycles. The van der Waals surface area contributed by atoms with Gasteiger partial charge in [-0.2, -0.15) is 4.98 Å². The molecule has 0 bridgehead atoms. The van der Waals surface area contributed by atoms with E-state index in [4.69, 9.17) is 14.2 Å². The van der Waals surface area contributed by atoms with Crippen LogP contribution in [0.2, 0.25) is 0 Å². The van der Waals surface area contributed by atoms with Crippen LogP contribution in [0.5, 0.6) is 0 Å². The molecule has 1 saturated heterocycles. The van der Waals surface area contributed by atoms with E-state index in [1.807, 2.05) is 44.2 Å². The Morgan fingerprint density at radius 1 is 1.20 bits per heavy atom. The third-order valence-electron chi connectivity index (χ3n) is 5.66. The second-order valence-electron chi connectivity index (χ2n) is 8.84. The molecule has 30 heavy (non-hydrogen) atoms. The number of hydrogen-bond acceptors (Lipinski definition) is 6. The Labute approximate surface area is 180 Å². The molecule has 1 fully saturated rings. The van der Waals surface area contributed by atoms with Crippen molar-refractivity contribution in [1.82, 2.24) is 9.97 Å². The lowest BCUT2D eigenvalue weighted by atomic mass is 9.82. The molecular formula is C22H29N3O4S. The zero-order chi connectivity index (χ0) is 21.4. The van der Waals surface area contributed by atoms with Crippen LogP contribution in [-0.4, -0.2) is 58.1 Å². The molecule has 1 aromatic carbocycles. The van der Waals surface area contributed by atoms with E-state index in [1.165, 1.54) is 0 Å². The summed E-state index contributed by atoms with van der Waals surface area (Å²) in [6.07, 6.45) is 3.65. The van der Waals surface area contributed by atoms with E-state index >= 15 is 0 Å². The maximum absolute atomic E-state index is 13.0. The number of allylic oxidation sites excluding steroid dienone is 1. The summed E-state index contributed by atoms with van der Waals surface area (Å²) in [5.41, 5.74) is 1.32. The Morgan fingerprint density at radius 2 is 1.93 bits per heavy atom. The van der Waals surface area contributed by atoms with Crippen molar-refractivity contribution >= 4 is 28.4 Å². The van der Waals surface area contributed by atoms with Gasteiger partial charge in [0.25, 0.3) is 0 Å². The fraction of sp³-hybridized carbons (Fsp3) is 0.545. The largest absolute Gasteiger partial charge is 0.609 e. The number of para-hydroxylation sites is 2. The molecule has 162 valence electrons. The lowest BCUT2D eigenvalue weighted by molar-refractivity contribution is -0.265. The number of dihydropyridines is 1. The van der Waals surface area contributed by atoms with Gasteiger partial charge in [-0.25, -0.2) is 0 Å². The molecule has 4 rings (SSSR count). The number of H-pyrrole nitrogens is 1. The number of hydrogen-bond donors (Lipinski definition) is 1. The van der Waals surface area contributed by atoms with E-state index in [9.17, 15) is 4.55 Å². The summed E-state index contributed by atoms with van der Waals surface area (Å²) in [5.74, 6) is 0.859. The maximum atomic E-state index is 13.0. The number of aromatic amines is 1. The topological polar surface area (TPSA) is 91.8 Å². The van der Waals surface area contributed by atoms with Crippen molar-refractivity contribution in [3.8, 4) is 0 Å². The van der Waals surface area contributed by atoms with E-state index in [0.29, 0.717) is 30.7 Å². The predicted molar refractivity (Wildman–Crippen MR) is 117 cm³/mol. The highest BCUT2D eigenvalue weighted by atomic mass is 32.2. The Hall–Kier alpha value is -1.87. The third kappa shape index (κ3) is 4.56. The van der Waals surface area contributed by atoms with Gasteiger partial charge in [-0.15, -0.1) is 0 Å². The van der Waals surface area contributed by atoms with Crippen LogP contribution in [0, 0.1) is 11.3 Å². The molecule has 0 aliphatic carbocycles. The molecule has 0 amide bonds. The lowest BCUT2D eigenvalue weighted by Crippen LogP contribution is -2.42. The fourth-order valence-electron chi connectivity index (χ4n) is 3.56. The van der Waals surface area contributed by atoms with Gasteiger partial charge in [-0.3, -0.25) is 9.98 Å². The van der Waals surface area contributed by atoms with Crippen LogP contribution in [0.4, 0.5) is 0 Å². The van der Waals surface area contributed by atoms with Crippen LogP contribution in [0.1, 0.15) is 27.7 Å². The molecule has 0 radical (unpaired) electrons. The van der Waals surface area contributed by atoms with Crippen molar-refractivity contribution in [1.29, 1.82) is 0 Å². The third-order valence-corrected chi connectivity index (χ3v) is 6.90. The second-order valence-corrected chi connectivity index (χ2v) is 10.2. The van der Waals surface area contributed by atoms with Crippen LogP contribution in [0.25, 0.3) is 11.0 Å². The molecule has 8 heteroatoms. The fourth-order valence-corrected chi connectivity index (χ4v) is 4.93. The first-order valence-corrected chi connectivity index (χ1v) is 11.5. The smallest absolute Gasteiger partial charge is 0.321 e. The number of benzene rings is 1. The van der Waals surface area contributed by atoms with E-state index in [1.54, 1.807) is 6.21 Å². The summed E-state index contributed by atoms with van der Waals surface area (Å²) >= 11 is -1.30. The number of nitrogens with zero attached hydrogens (tertiary/aromatic N) is 2. The van der Waals surface area contributed by atoms with Crippen molar-refractivity contribution < 1.29 is 18.8 Å². The normalized spacial score (nSPS) is 24.6. The number of aromatic nitrogens is 2. The first kappa shape index (κ1) is 21.4. The van der Waals surface area contributed by atoms with Gasteiger partial charge in [-0.1, -0.05) is 26.0 Å². The minimum atomic E-state index is -1.30. The lowest BCUT2D eigenvalue weighted by Gasteiger charge is -2.38. The molecule has 1 N–H and O–H groups in total. The van der Waals surface area contributed by atoms with Crippen molar-refractivity contribution in [2.45, 2.75) is 44.7 Å². The van der Waals surface area contributed by atoms with Gasteiger partial charge in [0.1, 0.15) is 17.6 Å². The molecule has 1 aromatic heterocycles. The van der Waals surface area contributed by atoms with Crippen LogP contribution in [-0.2, 0) is 25.4 Å². The summed E-state index contributed by atoms with van der Waals surface area (Å²) in [4.78, 5) is 12.2. The van der Waals surface area contributed by atoms with Gasteiger partial charge < -0.3 is 18.8 Å². The number of nitrogens with one attached hydrogen (secondary N) is 1. The number of rotatable bonds is 6. The molecule has 2 atom stereocenters. The van der Waals surface area contributed by atoms with Crippen molar-refractivity contribution in [2.24, 2.45) is 16.3 Å². The monoisotopic (exact) mass is 431 g/mol. The predicted octanol–water partition coefficient (Wildman–Crippen LogP) is 3.45. The van der Waals surface area contributed by atoms with Gasteiger partial charge in [-0.05, 0) is 32.1 Å². The summed E-state index contributed by atoms with van der Waals surface area (Å²) < 4.78 is 30.6. The van der Waals surface area contributed by atoms with Crippen molar-refractivity contribution in [3.63, 3.8) is 0 Å². The minimum absolute atomic E-state index is 0.177. The number of aliphatic imine (C=N–C) groups is 1. The highest BCUT2D eigenvalue weighted by Gasteiger charge is 2.40. The Morgan fingerprint density at radius 3 is 2.67 bits per heavy atom. The molecule has 2 aliphatic rings. The Balaban J connectivity index is 1.38. The molecule has 0 spiro atoms. The van der Waals surface area contributed by atoms with Crippen LogP contribution in [0.3, 0.4) is 0 Å². The summed E-state index contributed by atoms with van der Waals surface area (Å²) in [7, 11) is 0. The van der Waals surface area contributed by atoms with E-state index in [-0.39, 0.29) is 17.4 Å². The van der Waals surface area contributed by atoms with Crippen molar-refractivity contribution in [3.05, 3.63) is 36.1 Å². The number of fused-ring (bicyclic) bond motifs is 1. The SMILES string of the molecule is CC1(C)OCC(COC2=CC=NC(C[S+]([O-])c3nc4ccccc4[nH]3)C2(C)C)CO1. The minimum Gasteiger partial charge on any atom is -0.609 e. The standard InChI is InChI=1S/C22H29N3O4S/c1-21(2)18(14-30(26)20-24-16-7-5-6-8-17(16)25-20)23-10-9-19(21)27-11-15-12-28-22(3,4)29-13-15/h5-10,15,18H,11-14H2,1-4H3,(H,24,25). The Bertz CT molecular complexity index is 910. The maximum Gasteiger partial charge on any atom is 0.321 e. The zero-order valence-electron chi connectivity index (χ0n) is 17.9. The van der Waals surface area contributed by atoms with Crippen LogP contribution >= 0.6 is 0 Å². The first-order valence-electron chi connectivity index (χ1n) is 10.2. The summed E-state index contributed by atoms with van der Waals surface area (Å²) in [6.45, 7) is 9.71. The summed E-state index contributed by atoms with van der Waals surface area (Å²) in [6, 6.07) is 7.51. The molecule has 7 nitrogen and oxygen atoms in total. The number of imidazole rings is 1. The average Bonchev–Trinajstić information content (AvgIpc) is 3.14. The van der Waals surface area contributed by atoms with Gasteiger partial charge in [0.2, 0.25) is 0 Å². The molecule has 2 unspecified atom stereocenters.